The van der Waals surface area contributed by atoms with Gasteiger partial charge in [-0.15, -0.1) is 0 Å². The number of methoxy groups -OCH3 is 1. The van der Waals surface area contributed by atoms with Gasteiger partial charge in [0.05, 0.1) is 12.7 Å². The predicted molar refractivity (Wildman–Crippen MR) is 72.5 cm³/mol. The van der Waals surface area contributed by atoms with E-state index in [4.69, 9.17) is 0 Å². The lowest BCUT2D eigenvalue weighted by Gasteiger charge is -2.06. The van der Waals surface area contributed by atoms with E-state index in [1.165, 1.54) is 31.4 Å². The molecule has 0 bridgehead atoms. The number of ether oxygens (including phenoxy) is 1. The fourth-order valence-electron chi connectivity index (χ4n) is 1.71. The van der Waals surface area contributed by atoms with Crippen molar-refractivity contribution in [2.75, 3.05) is 7.11 Å². The van der Waals surface area contributed by atoms with Crippen LogP contribution in [0.1, 0.15) is 10.4 Å². The molecule has 0 heterocycles. The van der Waals surface area contributed by atoms with Crippen LogP contribution in [0.25, 0.3) is 11.1 Å². The lowest BCUT2D eigenvalue weighted by Crippen LogP contribution is -2.04. The molecule has 0 aliphatic heterocycles. The van der Waals surface area contributed by atoms with Crippen molar-refractivity contribution in [3.63, 3.8) is 0 Å². The van der Waals surface area contributed by atoms with Gasteiger partial charge in [0.1, 0.15) is 11.6 Å². The van der Waals surface area contributed by atoms with Gasteiger partial charge in [-0.3, -0.25) is 0 Å². The molecule has 0 radical (unpaired) electrons. The number of benzene rings is 2. The standard InChI is InChI=1S/C14H10BrFO3/c1-19-14(18)12-3-2-8(6-13(12)16)9-4-10(15)7-11(17)5-9/h2-7,17H,1H3. The Labute approximate surface area is 117 Å². The maximum Gasteiger partial charge on any atom is 0.340 e. The van der Waals surface area contributed by atoms with E-state index in [2.05, 4.69) is 20.7 Å². The van der Waals surface area contributed by atoms with E-state index in [1.807, 2.05) is 0 Å². The quantitative estimate of drug-likeness (QED) is 0.856. The van der Waals surface area contributed by atoms with Crippen LogP contribution >= 0.6 is 15.9 Å². The van der Waals surface area contributed by atoms with Gasteiger partial charge in [0.2, 0.25) is 0 Å². The summed E-state index contributed by atoms with van der Waals surface area (Å²) in [4.78, 5) is 11.3. The van der Waals surface area contributed by atoms with Crippen molar-refractivity contribution in [1.82, 2.24) is 0 Å². The lowest BCUT2D eigenvalue weighted by atomic mass is 10.0. The molecule has 1 N–H and O–H groups in total. The van der Waals surface area contributed by atoms with E-state index in [-0.39, 0.29) is 11.3 Å². The predicted octanol–water partition coefficient (Wildman–Crippen LogP) is 3.75. The molecule has 2 aromatic rings. The molecule has 0 saturated heterocycles. The van der Waals surface area contributed by atoms with Gasteiger partial charge < -0.3 is 9.84 Å². The molecule has 5 heteroatoms. The van der Waals surface area contributed by atoms with Gasteiger partial charge in [-0.1, -0.05) is 22.0 Å². The molecule has 0 aliphatic carbocycles. The molecule has 3 nitrogen and oxygen atoms in total. The molecule has 0 unspecified atom stereocenters. The van der Waals surface area contributed by atoms with Gasteiger partial charge in [-0.2, -0.15) is 0 Å². The minimum absolute atomic E-state index is 0.0711. The van der Waals surface area contributed by atoms with Crippen LogP contribution in [-0.4, -0.2) is 18.2 Å². The summed E-state index contributed by atoms with van der Waals surface area (Å²) in [6, 6.07) is 8.96. The van der Waals surface area contributed by atoms with E-state index in [9.17, 15) is 14.3 Å². The first-order valence-corrected chi connectivity index (χ1v) is 6.18. The molecule has 0 spiro atoms. The van der Waals surface area contributed by atoms with Crippen LogP contribution in [0.2, 0.25) is 0 Å². The third kappa shape index (κ3) is 2.93. The fourth-order valence-corrected chi connectivity index (χ4v) is 2.19. The number of hydrogen-bond acceptors (Lipinski definition) is 3. The fraction of sp³-hybridized carbons (Fsp3) is 0.0714. The molecule has 0 aromatic heterocycles. The molecule has 19 heavy (non-hydrogen) atoms. The summed E-state index contributed by atoms with van der Waals surface area (Å²) in [7, 11) is 1.20. The number of hydrogen-bond donors (Lipinski definition) is 1. The molecule has 0 amide bonds. The maximum absolute atomic E-state index is 13.8. The molecular weight excluding hydrogens is 315 g/mol. The molecule has 2 rings (SSSR count). The summed E-state index contributed by atoms with van der Waals surface area (Å²) in [5.74, 6) is -1.31. The molecule has 0 saturated carbocycles. The average molecular weight is 325 g/mol. The van der Waals surface area contributed by atoms with Crippen LogP contribution in [0.3, 0.4) is 0 Å². The van der Waals surface area contributed by atoms with Crippen molar-refractivity contribution in [2.45, 2.75) is 0 Å². The van der Waals surface area contributed by atoms with Crippen LogP contribution in [-0.2, 0) is 4.74 Å². The summed E-state index contributed by atoms with van der Waals surface area (Å²) < 4.78 is 19.0. The largest absolute Gasteiger partial charge is 0.508 e. The van der Waals surface area contributed by atoms with Gasteiger partial charge in [-0.25, -0.2) is 9.18 Å². The highest BCUT2D eigenvalue weighted by Crippen LogP contribution is 2.29. The highest BCUT2D eigenvalue weighted by atomic mass is 79.9. The van der Waals surface area contributed by atoms with Gasteiger partial charge in [0.25, 0.3) is 0 Å². The summed E-state index contributed by atoms with van der Waals surface area (Å²) in [6.45, 7) is 0. The molecule has 0 fully saturated rings. The topological polar surface area (TPSA) is 46.5 Å². The van der Waals surface area contributed by atoms with Gasteiger partial charge in [0, 0.05) is 4.47 Å². The second kappa shape index (κ2) is 5.40. The van der Waals surface area contributed by atoms with Crippen molar-refractivity contribution >= 4 is 21.9 Å². The lowest BCUT2D eigenvalue weighted by molar-refractivity contribution is 0.0595. The second-order valence-corrected chi connectivity index (χ2v) is 4.80. The van der Waals surface area contributed by atoms with Gasteiger partial charge in [0.15, 0.2) is 0 Å². The second-order valence-electron chi connectivity index (χ2n) is 3.88. The molecule has 98 valence electrons. The third-order valence-corrected chi connectivity index (χ3v) is 3.05. The first-order chi connectivity index (χ1) is 9.01. The molecule has 0 atom stereocenters. The number of esters is 1. The van der Waals surface area contributed by atoms with E-state index in [1.54, 1.807) is 12.1 Å². The first kappa shape index (κ1) is 13.5. The van der Waals surface area contributed by atoms with E-state index < -0.39 is 11.8 Å². The Morgan fingerprint density at radius 3 is 2.53 bits per heavy atom. The van der Waals surface area contributed by atoms with E-state index in [0.717, 1.165) is 0 Å². The van der Waals surface area contributed by atoms with Crippen LogP contribution < -0.4 is 0 Å². The number of halogens is 2. The van der Waals surface area contributed by atoms with Crippen molar-refractivity contribution in [3.8, 4) is 16.9 Å². The minimum atomic E-state index is -0.721. The van der Waals surface area contributed by atoms with E-state index >= 15 is 0 Å². The number of phenols is 1. The Bertz CT molecular complexity index is 620. The van der Waals surface area contributed by atoms with Gasteiger partial charge >= 0.3 is 5.97 Å². The normalized spacial score (nSPS) is 10.3. The van der Waals surface area contributed by atoms with Crippen molar-refractivity contribution in [1.29, 1.82) is 0 Å². The highest BCUT2D eigenvalue weighted by Gasteiger charge is 2.13. The zero-order chi connectivity index (χ0) is 14.0. The average Bonchev–Trinajstić information content (AvgIpc) is 2.36. The van der Waals surface area contributed by atoms with Crippen molar-refractivity contribution in [2.24, 2.45) is 0 Å². The Kier molecular flexibility index (Phi) is 3.85. The summed E-state index contributed by atoms with van der Waals surface area (Å²) in [5.41, 5.74) is 1.08. The third-order valence-electron chi connectivity index (χ3n) is 2.59. The van der Waals surface area contributed by atoms with Gasteiger partial charge in [-0.05, 0) is 41.5 Å². The maximum atomic E-state index is 13.8. The smallest absolute Gasteiger partial charge is 0.340 e. The van der Waals surface area contributed by atoms with Crippen molar-refractivity contribution < 1.29 is 19.0 Å². The zero-order valence-corrected chi connectivity index (χ0v) is 11.6. The molecular formula is C14H10BrFO3. The Balaban J connectivity index is 2.47. The molecule has 0 aliphatic rings. The number of rotatable bonds is 2. The SMILES string of the molecule is COC(=O)c1ccc(-c2cc(O)cc(Br)c2)cc1F. The Morgan fingerprint density at radius 1 is 1.21 bits per heavy atom. The Morgan fingerprint density at radius 2 is 1.95 bits per heavy atom. The molecule has 2 aromatic carbocycles. The number of carbonyl (C=O) groups is 1. The van der Waals surface area contributed by atoms with Crippen LogP contribution in [0, 0.1) is 5.82 Å². The van der Waals surface area contributed by atoms with Crippen molar-refractivity contribution in [3.05, 3.63) is 52.3 Å². The van der Waals surface area contributed by atoms with Crippen LogP contribution in [0.5, 0.6) is 5.75 Å². The van der Waals surface area contributed by atoms with Crippen LogP contribution in [0.15, 0.2) is 40.9 Å². The Hall–Kier alpha value is -1.88. The summed E-state index contributed by atoms with van der Waals surface area (Å²) >= 11 is 3.25. The monoisotopic (exact) mass is 324 g/mol. The van der Waals surface area contributed by atoms with E-state index in [0.29, 0.717) is 15.6 Å². The number of carbonyl (C=O) groups excluding carboxylic acids is 1. The zero-order valence-electron chi connectivity index (χ0n) is 9.98. The summed E-state index contributed by atoms with van der Waals surface area (Å²) in [5, 5.41) is 9.51. The number of phenolic OH excluding ortho intramolecular Hbond substituents is 1. The highest BCUT2D eigenvalue weighted by molar-refractivity contribution is 9.10. The van der Waals surface area contributed by atoms with Crippen LogP contribution in [0.4, 0.5) is 4.39 Å². The summed E-state index contributed by atoms with van der Waals surface area (Å²) in [6.07, 6.45) is 0. The number of aromatic hydroxyl groups is 1. The first-order valence-electron chi connectivity index (χ1n) is 5.39. The minimum Gasteiger partial charge on any atom is -0.508 e.